The van der Waals surface area contributed by atoms with Gasteiger partial charge in [0, 0.05) is 17.8 Å². The van der Waals surface area contributed by atoms with Crippen molar-refractivity contribution in [2.75, 3.05) is 10.6 Å². The Labute approximate surface area is 155 Å². The Morgan fingerprint density at radius 2 is 2.04 bits per heavy atom. The second-order valence-electron chi connectivity index (χ2n) is 5.58. The normalized spacial score (nSPS) is 10.3. The van der Waals surface area contributed by atoms with Crippen LogP contribution in [0.5, 0.6) is 0 Å². The third-order valence-corrected chi connectivity index (χ3v) is 3.87. The Balaban J connectivity index is 1.62. The van der Waals surface area contributed by atoms with E-state index in [0.717, 1.165) is 5.56 Å². The van der Waals surface area contributed by atoms with Crippen LogP contribution in [0.25, 0.3) is 0 Å². The van der Waals surface area contributed by atoms with Gasteiger partial charge in [0.1, 0.15) is 6.33 Å². The van der Waals surface area contributed by atoms with Gasteiger partial charge in [0.15, 0.2) is 5.11 Å². The zero-order valence-corrected chi connectivity index (χ0v) is 14.7. The van der Waals surface area contributed by atoms with Gasteiger partial charge in [-0.05, 0) is 36.3 Å². The Kier molecular flexibility index (Phi) is 5.18. The van der Waals surface area contributed by atoms with Gasteiger partial charge >= 0.3 is 0 Å². The molecular weight excluding hydrogens is 352 g/mol. The topological polar surface area (TPSA) is 97.9 Å². The van der Waals surface area contributed by atoms with Gasteiger partial charge in [-0.3, -0.25) is 15.4 Å². The maximum Gasteiger partial charge on any atom is 0.271 e. The van der Waals surface area contributed by atoms with Crippen molar-refractivity contribution < 1.29 is 4.92 Å². The molecule has 0 radical (unpaired) electrons. The van der Waals surface area contributed by atoms with E-state index in [9.17, 15) is 10.1 Å². The largest absolute Gasteiger partial charge is 0.332 e. The summed E-state index contributed by atoms with van der Waals surface area (Å²) in [5.41, 5.74) is 2.83. The number of benzene rings is 2. The van der Waals surface area contributed by atoms with Crippen molar-refractivity contribution in [1.29, 1.82) is 0 Å². The molecule has 0 unspecified atom stereocenters. The van der Waals surface area contributed by atoms with Crippen molar-refractivity contribution in [1.82, 2.24) is 14.8 Å². The third-order valence-electron chi connectivity index (χ3n) is 3.67. The second kappa shape index (κ2) is 7.70. The quantitative estimate of drug-likeness (QED) is 0.405. The molecule has 0 aliphatic rings. The molecule has 0 saturated carbocycles. The zero-order valence-electron chi connectivity index (χ0n) is 13.9. The van der Waals surface area contributed by atoms with Gasteiger partial charge in [-0.15, -0.1) is 5.10 Å². The van der Waals surface area contributed by atoms with Crippen LogP contribution in [0.4, 0.5) is 17.3 Å². The summed E-state index contributed by atoms with van der Waals surface area (Å²) in [6.07, 6.45) is 1.62. The van der Waals surface area contributed by atoms with E-state index in [4.69, 9.17) is 12.2 Å². The summed E-state index contributed by atoms with van der Waals surface area (Å²) in [4.78, 5) is 14.5. The number of aryl methyl sites for hydroxylation is 1. The van der Waals surface area contributed by atoms with E-state index in [1.165, 1.54) is 17.7 Å². The summed E-state index contributed by atoms with van der Waals surface area (Å²) in [5.74, 6) is 0.349. The number of thiocarbonyl (C=S) groups is 1. The van der Waals surface area contributed by atoms with Crippen LogP contribution in [0.2, 0.25) is 0 Å². The first-order chi connectivity index (χ1) is 12.5. The van der Waals surface area contributed by atoms with Gasteiger partial charge in [0.05, 0.1) is 11.5 Å². The lowest BCUT2D eigenvalue weighted by molar-refractivity contribution is -0.384. The molecule has 9 heteroatoms. The molecular formula is C17H16N6O2S. The molecule has 0 amide bonds. The van der Waals surface area contributed by atoms with Gasteiger partial charge in [0.25, 0.3) is 5.69 Å². The molecule has 0 spiro atoms. The molecule has 0 aliphatic carbocycles. The summed E-state index contributed by atoms with van der Waals surface area (Å²) >= 11 is 5.21. The Morgan fingerprint density at radius 3 is 2.81 bits per heavy atom. The van der Waals surface area contributed by atoms with E-state index in [1.807, 2.05) is 31.2 Å². The first kappa shape index (κ1) is 17.5. The molecule has 0 fully saturated rings. The van der Waals surface area contributed by atoms with Crippen molar-refractivity contribution in [3.05, 3.63) is 76.1 Å². The number of anilines is 2. The Morgan fingerprint density at radius 1 is 1.23 bits per heavy atom. The van der Waals surface area contributed by atoms with Crippen molar-refractivity contribution >= 4 is 34.7 Å². The molecule has 0 saturated heterocycles. The van der Waals surface area contributed by atoms with Crippen LogP contribution in [0.3, 0.4) is 0 Å². The summed E-state index contributed by atoms with van der Waals surface area (Å²) in [7, 11) is 0. The van der Waals surface area contributed by atoms with Crippen LogP contribution in [0.1, 0.15) is 11.1 Å². The highest BCUT2D eigenvalue weighted by Crippen LogP contribution is 2.17. The lowest BCUT2D eigenvalue weighted by Gasteiger charge is -2.08. The molecule has 132 valence electrons. The van der Waals surface area contributed by atoms with Crippen molar-refractivity contribution in [2.24, 2.45) is 0 Å². The Hall–Kier alpha value is -3.33. The summed E-state index contributed by atoms with van der Waals surface area (Å²) in [5, 5.41) is 21.1. The van der Waals surface area contributed by atoms with Crippen LogP contribution in [-0.2, 0) is 6.54 Å². The molecule has 0 bridgehead atoms. The minimum Gasteiger partial charge on any atom is -0.332 e. The van der Waals surface area contributed by atoms with Crippen molar-refractivity contribution in [2.45, 2.75) is 13.5 Å². The highest BCUT2D eigenvalue weighted by Gasteiger charge is 2.08. The van der Waals surface area contributed by atoms with E-state index in [1.54, 1.807) is 23.1 Å². The van der Waals surface area contributed by atoms with E-state index in [0.29, 0.717) is 18.2 Å². The van der Waals surface area contributed by atoms with Gasteiger partial charge in [-0.1, -0.05) is 30.3 Å². The molecule has 26 heavy (non-hydrogen) atoms. The van der Waals surface area contributed by atoms with Crippen LogP contribution < -0.4 is 10.6 Å². The minimum atomic E-state index is -0.462. The average Bonchev–Trinajstić information content (AvgIpc) is 3.04. The van der Waals surface area contributed by atoms with Crippen LogP contribution in [-0.4, -0.2) is 24.8 Å². The number of hydrogen-bond donors (Lipinski definition) is 2. The first-order valence-corrected chi connectivity index (χ1v) is 8.18. The molecule has 1 heterocycles. The molecule has 2 aromatic carbocycles. The number of aromatic nitrogens is 3. The van der Waals surface area contributed by atoms with Gasteiger partial charge in [-0.25, -0.2) is 9.67 Å². The van der Waals surface area contributed by atoms with Gasteiger partial charge < -0.3 is 5.32 Å². The molecule has 0 aliphatic heterocycles. The number of nitrogens with zero attached hydrogens (tertiary/aromatic N) is 4. The number of nitro benzene ring substituents is 1. The minimum absolute atomic E-state index is 0.0153. The SMILES string of the molecule is Cc1ccccc1Cn1cnc(NC(=S)Nc2cccc([N+](=O)[O-])c2)n1. The molecule has 0 atom stereocenters. The van der Waals surface area contributed by atoms with E-state index < -0.39 is 4.92 Å². The maximum absolute atomic E-state index is 10.8. The summed E-state index contributed by atoms with van der Waals surface area (Å²) in [6, 6.07) is 14.1. The zero-order chi connectivity index (χ0) is 18.5. The average molecular weight is 368 g/mol. The fraction of sp³-hybridized carbons (Fsp3) is 0.118. The van der Waals surface area contributed by atoms with Gasteiger partial charge in [0.2, 0.25) is 5.95 Å². The van der Waals surface area contributed by atoms with E-state index >= 15 is 0 Å². The van der Waals surface area contributed by atoms with E-state index in [-0.39, 0.29) is 10.8 Å². The standard InChI is InChI=1S/C17H16N6O2S/c1-12-5-2-3-6-13(12)10-22-11-18-16(21-22)20-17(26)19-14-7-4-8-15(9-14)23(24)25/h2-9,11H,10H2,1H3,(H2,19,20,21,26). The van der Waals surface area contributed by atoms with Crippen LogP contribution >= 0.6 is 12.2 Å². The number of rotatable bonds is 5. The molecule has 3 rings (SSSR count). The monoisotopic (exact) mass is 368 g/mol. The number of nitro groups is 1. The Bertz CT molecular complexity index is 956. The molecule has 2 N–H and O–H groups in total. The summed E-state index contributed by atoms with van der Waals surface area (Å²) < 4.78 is 1.71. The lowest BCUT2D eigenvalue weighted by Crippen LogP contribution is -2.20. The molecule has 8 nitrogen and oxygen atoms in total. The number of nitrogens with one attached hydrogen (secondary N) is 2. The molecule has 1 aromatic heterocycles. The fourth-order valence-corrected chi connectivity index (χ4v) is 2.56. The number of hydrogen-bond acceptors (Lipinski definition) is 5. The van der Waals surface area contributed by atoms with Crippen LogP contribution in [0.15, 0.2) is 54.9 Å². The predicted octanol–water partition coefficient (Wildman–Crippen LogP) is 3.35. The first-order valence-electron chi connectivity index (χ1n) is 7.77. The van der Waals surface area contributed by atoms with Crippen molar-refractivity contribution in [3.8, 4) is 0 Å². The highest BCUT2D eigenvalue weighted by atomic mass is 32.1. The third kappa shape index (κ3) is 4.39. The maximum atomic E-state index is 10.8. The summed E-state index contributed by atoms with van der Waals surface area (Å²) in [6.45, 7) is 2.65. The number of non-ortho nitro benzene ring substituents is 1. The van der Waals surface area contributed by atoms with Gasteiger partial charge in [-0.2, -0.15) is 0 Å². The highest BCUT2D eigenvalue weighted by molar-refractivity contribution is 7.80. The smallest absolute Gasteiger partial charge is 0.271 e. The van der Waals surface area contributed by atoms with E-state index in [2.05, 4.69) is 20.7 Å². The van der Waals surface area contributed by atoms with Crippen LogP contribution in [0, 0.1) is 17.0 Å². The molecule has 3 aromatic rings. The van der Waals surface area contributed by atoms with Crippen molar-refractivity contribution in [3.63, 3.8) is 0 Å². The predicted molar refractivity (Wildman–Crippen MR) is 103 cm³/mol. The lowest BCUT2D eigenvalue weighted by atomic mass is 10.1. The second-order valence-corrected chi connectivity index (χ2v) is 5.99. The fourth-order valence-electron chi connectivity index (χ4n) is 2.35.